The molecule has 0 aliphatic carbocycles. The number of hydrogen-bond acceptors (Lipinski definition) is 3. The molecule has 0 saturated carbocycles. The quantitative estimate of drug-likeness (QED) is 0.921. The van der Waals surface area contributed by atoms with Gasteiger partial charge in [0.1, 0.15) is 12.1 Å². The van der Waals surface area contributed by atoms with E-state index >= 15 is 0 Å². The molecular weight excluding hydrogens is 278 g/mol. The first-order valence-electron chi connectivity index (χ1n) is 6.61. The van der Waals surface area contributed by atoms with Crippen molar-refractivity contribution >= 4 is 23.4 Å². The maximum absolute atomic E-state index is 12.4. The van der Waals surface area contributed by atoms with Gasteiger partial charge in [0.15, 0.2) is 0 Å². The van der Waals surface area contributed by atoms with Crippen LogP contribution in [0.2, 0.25) is 5.02 Å². The van der Waals surface area contributed by atoms with E-state index in [4.69, 9.17) is 11.6 Å². The fourth-order valence-electron chi connectivity index (χ4n) is 2.44. The molecule has 20 heavy (non-hydrogen) atoms. The molecule has 0 radical (unpaired) electrons. The van der Waals surface area contributed by atoms with Gasteiger partial charge in [-0.05, 0) is 24.5 Å². The van der Waals surface area contributed by atoms with E-state index in [1.54, 1.807) is 30.3 Å². The summed E-state index contributed by atoms with van der Waals surface area (Å²) < 4.78 is 0. The summed E-state index contributed by atoms with van der Waals surface area (Å²) in [6.45, 7) is 5.86. The van der Waals surface area contributed by atoms with Crippen molar-refractivity contribution in [1.82, 2.24) is 15.2 Å². The molecule has 108 valence electrons. The zero-order chi connectivity index (χ0) is 14.9. The molecule has 1 N–H and O–H groups in total. The molecule has 2 unspecified atom stereocenters. The van der Waals surface area contributed by atoms with Crippen LogP contribution < -0.4 is 5.32 Å². The number of amides is 2. The lowest BCUT2D eigenvalue weighted by atomic mass is 9.97. The highest BCUT2D eigenvalue weighted by atomic mass is 35.5. The molecule has 1 aliphatic rings. The van der Waals surface area contributed by atoms with Gasteiger partial charge in [0.2, 0.25) is 11.8 Å². The van der Waals surface area contributed by atoms with E-state index in [9.17, 15) is 9.59 Å². The molecule has 1 aromatic heterocycles. The number of aromatic nitrogens is 1. The van der Waals surface area contributed by atoms with Gasteiger partial charge < -0.3 is 10.2 Å². The third kappa shape index (κ3) is 2.77. The number of halogens is 1. The molecule has 0 aromatic carbocycles. The minimum Gasteiger partial charge on any atom is -0.343 e. The number of piperazine rings is 1. The van der Waals surface area contributed by atoms with Gasteiger partial charge in [0.05, 0.1) is 5.02 Å². The summed E-state index contributed by atoms with van der Waals surface area (Å²) >= 11 is 6.09. The first-order chi connectivity index (χ1) is 9.41. The fraction of sp³-hybridized carbons (Fsp3) is 0.500. The monoisotopic (exact) mass is 295 g/mol. The summed E-state index contributed by atoms with van der Waals surface area (Å²) in [5, 5.41) is 3.22. The number of rotatable bonds is 3. The van der Waals surface area contributed by atoms with E-state index in [0.29, 0.717) is 11.6 Å². The second kappa shape index (κ2) is 5.79. The lowest BCUT2D eigenvalue weighted by Gasteiger charge is -2.40. The van der Waals surface area contributed by atoms with Crippen LogP contribution in [0.25, 0.3) is 0 Å². The van der Waals surface area contributed by atoms with Crippen LogP contribution in [0.15, 0.2) is 18.5 Å². The van der Waals surface area contributed by atoms with Crippen molar-refractivity contribution < 1.29 is 9.59 Å². The van der Waals surface area contributed by atoms with E-state index < -0.39 is 12.1 Å². The standard InChI is InChI=1S/C14H18ClN3O2/c1-8(2)12-13(19)17-9(3)14(20)18(12)7-10-4-5-16-6-11(10)15/h4-6,8-9,12H,7H2,1-3H3,(H,17,19). The van der Waals surface area contributed by atoms with Crippen molar-refractivity contribution in [2.24, 2.45) is 5.92 Å². The minimum atomic E-state index is -0.502. The average Bonchev–Trinajstić information content (AvgIpc) is 2.37. The van der Waals surface area contributed by atoms with Crippen molar-refractivity contribution in [3.63, 3.8) is 0 Å². The van der Waals surface area contributed by atoms with Crippen molar-refractivity contribution in [3.05, 3.63) is 29.0 Å². The van der Waals surface area contributed by atoms with Crippen LogP contribution in [0.4, 0.5) is 0 Å². The Bertz CT molecular complexity index is 533. The van der Waals surface area contributed by atoms with Crippen molar-refractivity contribution in [2.75, 3.05) is 0 Å². The van der Waals surface area contributed by atoms with E-state index in [0.717, 1.165) is 5.56 Å². The molecule has 5 nitrogen and oxygen atoms in total. The number of nitrogens with one attached hydrogen (secondary N) is 1. The van der Waals surface area contributed by atoms with Crippen LogP contribution in [0.3, 0.4) is 0 Å². The number of nitrogens with zero attached hydrogens (tertiary/aromatic N) is 2. The molecule has 2 atom stereocenters. The molecule has 2 rings (SSSR count). The van der Waals surface area contributed by atoms with E-state index in [-0.39, 0.29) is 17.7 Å². The molecule has 1 saturated heterocycles. The van der Waals surface area contributed by atoms with E-state index in [1.165, 1.54) is 0 Å². The molecule has 1 fully saturated rings. The predicted octanol–water partition coefficient (Wildman–Crippen LogP) is 1.61. The van der Waals surface area contributed by atoms with Crippen LogP contribution in [-0.4, -0.2) is 33.8 Å². The first kappa shape index (κ1) is 14.8. The number of hydrogen-bond donors (Lipinski definition) is 1. The highest BCUT2D eigenvalue weighted by Gasteiger charge is 2.40. The smallest absolute Gasteiger partial charge is 0.245 e. The first-order valence-corrected chi connectivity index (χ1v) is 6.99. The Hall–Kier alpha value is -1.62. The molecule has 1 aliphatic heterocycles. The third-order valence-electron chi connectivity index (χ3n) is 3.45. The van der Waals surface area contributed by atoms with Crippen molar-refractivity contribution in [1.29, 1.82) is 0 Å². The van der Waals surface area contributed by atoms with Gasteiger partial charge in [0, 0.05) is 18.9 Å². The summed E-state index contributed by atoms with van der Waals surface area (Å²) in [6.07, 6.45) is 3.17. The van der Waals surface area contributed by atoms with Crippen LogP contribution in [0, 0.1) is 5.92 Å². The summed E-state index contributed by atoms with van der Waals surface area (Å²) in [6, 6.07) is 0.797. The molecule has 6 heteroatoms. The highest BCUT2D eigenvalue weighted by Crippen LogP contribution is 2.23. The normalized spacial score (nSPS) is 23.1. The van der Waals surface area contributed by atoms with Crippen LogP contribution in [-0.2, 0) is 16.1 Å². The van der Waals surface area contributed by atoms with Crippen LogP contribution in [0.1, 0.15) is 26.3 Å². The fourth-order valence-corrected chi connectivity index (χ4v) is 2.62. The molecule has 2 amide bonds. The Balaban J connectivity index is 2.31. The average molecular weight is 296 g/mol. The Kier molecular flexibility index (Phi) is 4.28. The van der Waals surface area contributed by atoms with Gasteiger partial charge in [-0.15, -0.1) is 0 Å². The Labute approximate surface area is 123 Å². The summed E-state index contributed by atoms with van der Waals surface area (Å²) in [7, 11) is 0. The third-order valence-corrected chi connectivity index (χ3v) is 3.79. The number of carbonyl (C=O) groups excluding carboxylic acids is 2. The Morgan fingerprint density at radius 3 is 2.75 bits per heavy atom. The van der Waals surface area contributed by atoms with Gasteiger partial charge in [-0.3, -0.25) is 14.6 Å². The lowest BCUT2D eigenvalue weighted by molar-refractivity contribution is -0.151. The molecule has 1 aromatic rings. The minimum absolute atomic E-state index is 0.0343. The summed E-state index contributed by atoms with van der Waals surface area (Å²) in [5.41, 5.74) is 0.794. The van der Waals surface area contributed by atoms with Crippen LogP contribution >= 0.6 is 11.6 Å². The summed E-state index contributed by atoms with van der Waals surface area (Å²) in [5.74, 6) is -0.166. The van der Waals surface area contributed by atoms with Crippen LogP contribution in [0.5, 0.6) is 0 Å². The maximum atomic E-state index is 12.4. The highest BCUT2D eigenvalue weighted by molar-refractivity contribution is 6.31. The summed E-state index contributed by atoms with van der Waals surface area (Å²) in [4.78, 5) is 30.0. The zero-order valence-corrected chi connectivity index (χ0v) is 12.5. The van der Waals surface area contributed by atoms with Gasteiger partial charge in [-0.2, -0.15) is 0 Å². The van der Waals surface area contributed by atoms with Crippen molar-refractivity contribution in [2.45, 2.75) is 39.4 Å². The molecular formula is C14H18ClN3O2. The predicted molar refractivity (Wildman–Crippen MR) is 76.0 cm³/mol. The van der Waals surface area contributed by atoms with Gasteiger partial charge >= 0.3 is 0 Å². The number of pyridine rings is 1. The van der Waals surface area contributed by atoms with Crippen molar-refractivity contribution in [3.8, 4) is 0 Å². The van der Waals surface area contributed by atoms with Gasteiger partial charge in [-0.25, -0.2) is 0 Å². The lowest BCUT2D eigenvalue weighted by Crippen LogP contribution is -2.63. The van der Waals surface area contributed by atoms with E-state index in [2.05, 4.69) is 10.3 Å². The SMILES string of the molecule is CC1NC(=O)C(C(C)C)N(Cc2ccncc2Cl)C1=O. The largest absolute Gasteiger partial charge is 0.343 e. The Morgan fingerprint density at radius 1 is 1.45 bits per heavy atom. The Morgan fingerprint density at radius 2 is 2.15 bits per heavy atom. The molecule has 2 heterocycles. The van der Waals surface area contributed by atoms with E-state index in [1.807, 2.05) is 13.8 Å². The van der Waals surface area contributed by atoms with Gasteiger partial charge in [-0.1, -0.05) is 25.4 Å². The second-order valence-electron chi connectivity index (χ2n) is 5.35. The van der Waals surface area contributed by atoms with Gasteiger partial charge in [0.25, 0.3) is 0 Å². The topological polar surface area (TPSA) is 62.3 Å². The number of carbonyl (C=O) groups is 2. The second-order valence-corrected chi connectivity index (χ2v) is 5.76. The maximum Gasteiger partial charge on any atom is 0.245 e. The molecule has 0 spiro atoms. The molecule has 0 bridgehead atoms. The zero-order valence-electron chi connectivity index (χ0n) is 11.8.